The summed E-state index contributed by atoms with van der Waals surface area (Å²) in [5.74, 6) is 1.57. The Bertz CT molecular complexity index is 1010. The molecule has 0 saturated carbocycles. The average Bonchev–Trinajstić information content (AvgIpc) is 2.90. The molecule has 2 N–H and O–H groups in total. The van der Waals surface area contributed by atoms with Crippen LogP contribution in [0, 0.1) is 0 Å². The monoisotopic (exact) mass is 489 g/mol. The summed E-state index contributed by atoms with van der Waals surface area (Å²) in [6.45, 7) is 5.63. The van der Waals surface area contributed by atoms with Gasteiger partial charge in [0, 0.05) is 11.1 Å². The maximum atomic E-state index is 12.6. The molecule has 3 aromatic rings. The molecule has 0 saturated heterocycles. The third kappa shape index (κ3) is 8.73. The number of pyridine rings is 1. The molecule has 0 unspecified atom stereocenters. The SMILES string of the molecule is CCCCCOc1ccc(C(=O)Nc2cccc(NC(=O)c3ccc(OCCCCC)cc3)n2)cc1. The van der Waals surface area contributed by atoms with Crippen LogP contribution in [0.1, 0.15) is 73.1 Å². The van der Waals surface area contributed by atoms with Gasteiger partial charge in [-0.05, 0) is 73.5 Å². The van der Waals surface area contributed by atoms with E-state index in [0.29, 0.717) is 36.0 Å². The summed E-state index contributed by atoms with van der Waals surface area (Å²) in [6.07, 6.45) is 6.57. The fourth-order valence-corrected chi connectivity index (χ4v) is 3.44. The number of carbonyl (C=O) groups excluding carboxylic acids is 2. The number of nitrogens with zero attached hydrogens (tertiary/aromatic N) is 1. The van der Waals surface area contributed by atoms with E-state index in [1.165, 1.54) is 0 Å². The van der Waals surface area contributed by atoms with Gasteiger partial charge in [-0.15, -0.1) is 0 Å². The molecule has 2 amide bonds. The molecular formula is C29H35N3O4. The lowest BCUT2D eigenvalue weighted by atomic mass is 10.2. The zero-order valence-corrected chi connectivity index (χ0v) is 21.1. The number of hydrogen-bond donors (Lipinski definition) is 2. The second-order valence-corrected chi connectivity index (χ2v) is 8.48. The molecule has 36 heavy (non-hydrogen) atoms. The molecule has 0 bridgehead atoms. The van der Waals surface area contributed by atoms with Gasteiger partial charge < -0.3 is 20.1 Å². The third-order valence-corrected chi connectivity index (χ3v) is 5.50. The summed E-state index contributed by atoms with van der Waals surface area (Å²) >= 11 is 0. The van der Waals surface area contributed by atoms with E-state index in [9.17, 15) is 9.59 Å². The lowest BCUT2D eigenvalue weighted by molar-refractivity contribution is 0.101. The number of nitrogens with one attached hydrogen (secondary N) is 2. The highest BCUT2D eigenvalue weighted by atomic mass is 16.5. The lowest BCUT2D eigenvalue weighted by Crippen LogP contribution is -2.16. The van der Waals surface area contributed by atoms with Gasteiger partial charge >= 0.3 is 0 Å². The highest BCUT2D eigenvalue weighted by molar-refractivity contribution is 6.05. The number of aromatic nitrogens is 1. The molecule has 0 radical (unpaired) electrons. The molecule has 7 heteroatoms. The number of carbonyl (C=O) groups is 2. The van der Waals surface area contributed by atoms with Crippen LogP contribution < -0.4 is 20.1 Å². The number of anilines is 2. The second kappa shape index (κ2) is 14.5. The number of amides is 2. The lowest BCUT2D eigenvalue weighted by Gasteiger charge is -2.10. The first kappa shape index (κ1) is 26.7. The van der Waals surface area contributed by atoms with Gasteiger partial charge in [-0.1, -0.05) is 45.6 Å². The van der Waals surface area contributed by atoms with Gasteiger partial charge in [0.05, 0.1) is 13.2 Å². The first-order valence-electron chi connectivity index (χ1n) is 12.6. The van der Waals surface area contributed by atoms with Gasteiger partial charge in [0.15, 0.2) is 0 Å². The Hall–Kier alpha value is -3.87. The van der Waals surface area contributed by atoms with E-state index in [4.69, 9.17) is 9.47 Å². The Labute approximate surface area is 213 Å². The van der Waals surface area contributed by atoms with Crippen molar-refractivity contribution in [2.24, 2.45) is 0 Å². The molecule has 0 fully saturated rings. The van der Waals surface area contributed by atoms with Gasteiger partial charge in [-0.25, -0.2) is 4.98 Å². The minimum absolute atomic E-state index is 0.293. The van der Waals surface area contributed by atoms with Crippen LogP contribution in [-0.4, -0.2) is 30.0 Å². The molecule has 7 nitrogen and oxygen atoms in total. The Kier molecular flexibility index (Phi) is 10.8. The van der Waals surface area contributed by atoms with Crippen LogP contribution in [0.2, 0.25) is 0 Å². The molecule has 0 aliphatic carbocycles. The fourth-order valence-electron chi connectivity index (χ4n) is 3.44. The van der Waals surface area contributed by atoms with Crippen molar-refractivity contribution in [1.82, 2.24) is 4.98 Å². The topological polar surface area (TPSA) is 89.6 Å². The number of ether oxygens (including phenoxy) is 2. The standard InChI is InChI=1S/C29H35N3O4/c1-3-5-7-20-35-24-16-12-22(13-17-24)28(33)31-26-10-9-11-27(30-26)32-29(34)23-14-18-25(19-15-23)36-21-8-6-4-2/h9-19H,3-8,20-21H2,1-2H3,(H2,30,31,32,33,34). The summed E-state index contributed by atoms with van der Waals surface area (Å²) in [5, 5.41) is 5.54. The smallest absolute Gasteiger partial charge is 0.256 e. The number of rotatable bonds is 14. The van der Waals surface area contributed by atoms with Crippen LogP contribution in [0.15, 0.2) is 66.7 Å². The van der Waals surface area contributed by atoms with Gasteiger partial charge in [-0.3, -0.25) is 9.59 Å². The Morgan fingerprint density at radius 2 is 1.06 bits per heavy atom. The zero-order chi connectivity index (χ0) is 25.6. The first-order chi connectivity index (χ1) is 17.6. The van der Waals surface area contributed by atoms with Gasteiger partial charge in [-0.2, -0.15) is 0 Å². The van der Waals surface area contributed by atoms with E-state index in [0.717, 1.165) is 50.0 Å². The molecule has 0 aliphatic heterocycles. The Morgan fingerprint density at radius 1 is 0.639 bits per heavy atom. The number of benzene rings is 2. The van der Waals surface area contributed by atoms with Crippen LogP contribution in [0.25, 0.3) is 0 Å². The van der Waals surface area contributed by atoms with E-state index in [2.05, 4.69) is 29.5 Å². The van der Waals surface area contributed by atoms with E-state index in [-0.39, 0.29) is 11.8 Å². The van der Waals surface area contributed by atoms with Gasteiger partial charge in [0.2, 0.25) is 0 Å². The van der Waals surface area contributed by atoms with Crippen LogP contribution in [0.4, 0.5) is 11.6 Å². The average molecular weight is 490 g/mol. The van der Waals surface area contributed by atoms with Crippen molar-refractivity contribution in [3.05, 3.63) is 77.9 Å². The van der Waals surface area contributed by atoms with Crippen molar-refractivity contribution in [2.45, 2.75) is 52.4 Å². The summed E-state index contributed by atoms with van der Waals surface area (Å²) in [4.78, 5) is 29.6. The number of hydrogen-bond acceptors (Lipinski definition) is 5. The summed E-state index contributed by atoms with van der Waals surface area (Å²) in [6, 6.07) is 19.1. The van der Waals surface area contributed by atoms with Crippen molar-refractivity contribution < 1.29 is 19.1 Å². The Balaban J connectivity index is 1.52. The Morgan fingerprint density at radius 3 is 1.44 bits per heavy atom. The van der Waals surface area contributed by atoms with E-state index < -0.39 is 0 Å². The second-order valence-electron chi connectivity index (χ2n) is 8.48. The van der Waals surface area contributed by atoms with Crippen molar-refractivity contribution in [3.63, 3.8) is 0 Å². The first-order valence-corrected chi connectivity index (χ1v) is 12.6. The predicted molar refractivity (Wildman–Crippen MR) is 143 cm³/mol. The maximum absolute atomic E-state index is 12.6. The molecule has 1 heterocycles. The van der Waals surface area contributed by atoms with E-state index >= 15 is 0 Å². The van der Waals surface area contributed by atoms with Gasteiger partial charge in [0.25, 0.3) is 11.8 Å². The quantitative estimate of drug-likeness (QED) is 0.245. The van der Waals surface area contributed by atoms with Crippen LogP contribution >= 0.6 is 0 Å². The third-order valence-electron chi connectivity index (χ3n) is 5.50. The normalized spacial score (nSPS) is 10.5. The molecule has 0 atom stereocenters. The summed E-state index contributed by atoms with van der Waals surface area (Å²) < 4.78 is 11.4. The zero-order valence-electron chi connectivity index (χ0n) is 21.1. The highest BCUT2D eigenvalue weighted by Crippen LogP contribution is 2.17. The van der Waals surface area contributed by atoms with Crippen LogP contribution in [0.5, 0.6) is 11.5 Å². The minimum Gasteiger partial charge on any atom is -0.494 e. The van der Waals surface area contributed by atoms with Crippen molar-refractivity contribution in [1.29, 1.82) is 0 Å². The van der Waals surface area contributed by atoms with Gasteiger partial charge in [0.1, 0.15) is 23.1 Å². The fraction of sp³-hybridized carbons (Fsp3) is 0.345. The molecule has 2 aromatic carbocycles. The molecule has 1 aromatic heterocycles. The molecule has 190 valence electrons. The van der Waals surface area contributed by atoms with Crippen LogP contribution in [-0.2, 0) is 0 Å². The molecule has 0 spiro atoms. The van der Waals surface area contributed by atoms with E-state index in [1.807, 2.05) is 0 Å². The van der Waals surface area contributed by atoms with Crippen molar-refractivity contribution in [2.75, 3.05) is 23.8 Å². The van der Waals surface area contributed by atoms with Crippen molar-refractivity contribution >= 4 is 23.5 Å². The molecule has 3 rings (SSSR count). The summed E-state index contributed by atoms with van der Waals surface area (Å²) in [5.41, 5.74) is 0.980. The van der Waals surface area contributed by atoms with E-state index in [1.54, 1.807) is 66.7 Å². The highest BCUT2D eigenvalue weighted by Gasteiger charge is 2.10. The number of unbranched alkanes of at least 4 members (excludes halogenated alkanes) is 4. The molecule has 0 aliphatic rings. The summed E-state index contributed by atoms with van der Waals surface area (Å²) in [7, 11) is 0. The predicted octanol–water partition coefficient (Wildman–Crippen LogP) is 6.72. The minimum atomic E-state index is -0.293. The largest absolute Gasteiger partial charge is 0.494 e. The molecular weight excluding hydrogens is 454 g/mol. The van der Waals surface area contributed by atoms with Crippen molar-refractivity contribution in [3.8, 4) is 11.5 Å². The maximum Gasteiger partial charge on any atom is 0.256 e. The van der Waals surface area contributed by atoms with Crippen LogP contribution in [0.3, 0.4) is 0 Å².